The lowest BCUT2D eigenvalue weighted by atomic mass is 9.87. The molecular weight excluding hydrogens is 464 g/mol. The van der Waals surface area contributed by atoms with Crippen LogP contribution in [0.1, 0.15) is 63.2 Å². The quantitative estimate of drug-likeness (QED) is 0.390. The van der Waals surface area contributed by atoms with Crippen molar-refractivity contribution in [3.8, 4) is 5.75 Å². The van der Waals surface area contributed by atoms with Crippen molar-refractivity contribution in [3.05, 3.63) is 82.8 Å². The summed E-state index contributed by atoms with van der Waals surface area (Å²) in [6.07, 6.45) is 1.45. The van der Waals surface area contributed by atoms with Gasteiger partial charge in [-0.25, -0.2) is 4.79 Å². The van der Waals surface area contributed by atoms with Gasteiger partial charge in [-0.15, -0.1) is 0 Å². The third kappa shape index (κ3) is 5.00. The maximum atomic E-state index is 12.8. The molecule has 3 aromatic rings. The number of methoxy groups -OCH3 is 1. The molecule has 0 fully saturated rings. The zero-order valence-corrected chi connectivity index (χ0v) is 20.4. The minimum absolute atomic E-state index is 0.0147. The van der Waals surface area contributed by atoms with Crippen LogP contribution < -0.4 is 10.1 Å². The Morgan fingerprint density at radius 1 is 1.00 bits per heavy atom. The fraction of sp³-hybridized carbons (Fsp3) is 0.259. The van der Waals surface area contributed by atoms with Crippen LogP contribution >= 0.6 is 0 Å². The predicted octanol–water partition coefficient (Wildman–Crippen LogP) is 4.18. The van der Waals surface area contributed by atoms with Gasteiger partial charge in [-0.05, 0) is 53.4 Å². The summed E-state index contributed by atoms with van der Waals surface area (Å²) in [5, 5.41) is 2.71. The number of imide groups is 1. The first-order valence-electron chi connectivity index (χ1n) is 11.3. The van der Waals surface area contributed by atoms with Crippen LogP contribution in [0.5, 0.6) is 5.75 Å². The maximum Gasteiger partial charge on any atom is 0.338 e. The highest BCUT2D eigenvalue weighted by atomic mass is 16.5. The average molecular weight is 491 g/mol. The van der Waals surface area contributed by atoms with E-state index in [1.807, 2.05) is 32.9 Å². The number of furan rings is 1. The monoisotopic (exact) mass is 490 g/mol. The second-order valence-corrected chi connectivity index (χ2v) is 9.33. The van der Waals surface area contributed by atoms with Gasteiger partial charge in [0.1, 0.15) is 11.5 Å². The molecule has 3 amide bonds. The van der Waals surface area contributed by atoms with Crippen molar-refractivity contribution in [1.82, 2.24) is 4.90 Å². The van der Waals surface area contributed by atoms with Gasteiger partial charge in [0.05, 0.1) is 42.3 Å². The molecule has 9 nitrogen and oxygen atoms in total. The number of esters is 1. The molecule has 36 heavy (non-hydrogen) atoms. The summed E-state index contributed by atoms with van der Waals surface area (Å²) < 4.78 is 15.7. The fourth-order valence-electron chi connectivity index (χ4n) is 3.79. The highest BCUT2D eigenvalue weighted by Crippen LogP contribution is 2.31. The van der Waals surface area contributed by atoms with Gasteiger partial charge in [-0.2, -0.15) is 0 Å². The zero-order chi connectivity index (χ0) is 26.0. The molecule has 9 heteroatoms. The minimum atomic E-state index is -0.798. The van der Waals surface area contributed by atoms with Crippen LogP contribution in [0.2, 0.25) is 0 Å². The van der Waals surface area contributed by atoms with Gasteiger partial charge < -0.3 is 19.2 Å². The van der Waals surface area contributed by atoms with Gasteiger partial charge in [0.15, 0.2) is 6.61 Å². The number of nitrogens with zero attached hydrogens (tertiary/aromatic N) is 1. The third-order valence-corrected chi connectivity index (χ3v) is 5.77. The molecule has 0 unspecified atom stereocenters. The highest BCUT2D eigenvalue weighted by Gasteiger charge is 2.36. The molecule has 0 bridgehead atoms. The van der Waals surface area contributed by atoms with E-state index in [9.17, 15) is 19.2 Å². The summed E-state index contributed by atoms with van der Waals surface area (Å²) in [4.78, 5) is 51.5. The minimum Gasteiger partial charge on any atom is -0.495 e. The van der Waals surface area contributed by atoms with Crippen molar-refractivity contribution in [1.29, 1.82) is 0 Å². The van der Waals surface area contributed by atoms with Gasteiger partial charge in [0.25, 0.3) is 17.7 Å². The standard InChI is InChI=1S/C27H26N2O7/c1-27(2,3)17-8-10-22(34-4)21(13-17)28-23(30)15-36-26(33)16-7-9-19-20(12-16)25(32)29(24(19)31)14-18-6-5-11-35-18/h5-13H,14-15H2,1-4H3,(H,28,30). The number of anilines is 1. The number of nitrogens with one attached hydrogen (secondary N) is 1. The van der Waals surface area contributed by atoms with E-state index in [1.54, 1.807) is 18.2 Å². The van der Waals surface area contributed by atoms with Gasteiger partial charge in [0, 0.05) is 0 Å². The molecule has 1 N–H and O–H groups in total. The lowest BCUT2D eigenvalue weighted by Crippen LogP contribution is -2.28. The average Bonchev–Trinajstić information content (AvgIpc) is 3.44. The molecule has 1 aliphatic rings. The first kappa shape index (κ1) is 24.7. The number of fused-ring (bicyclic) bond motifs is 1. The van der Waals surface area contributed by atoms with E-state index in [4.69, 9.17) is 13.9 Å². The highest BCUT2D eigenvalue weighted by molar-refractivity contribution is 6.21. The van der Waals surface area contributed by atoms with Gasteiger partial charge in [-0.1, -0.05) is 26.8 Å². The topological polar surface area (TPSA) is 115 Å². The molecule has 186 valence electrons. The summed E-state index contributed by atoms with van der Waals surface area (Å²) in [5.74, 6) is -1.43. The summed E-state index contributed by atoms with van der Waals surface area (Å²) in [6.45, 7) is 5.59. The molecule has 2 heterocycles. The Balaban J connectivity index is 1.41. The van der Waals surface area contributed by atoms with E-state index in [0.29, 0.717) is 17.2 Å². The van der Waals surface area contributed by atoms with Crippen molar-refractivity contribution in [2.45, 2.75) is 32.7 Å². The van der Waals surface area contributed by atoms with E-state index >= 15 is 0 Å². The lowest BCUT2D eigenvalue weighted by Gasteiger charge is -2.21. The molecule has 0 saturated carbocycles. The van der Waals surface area contributed by atoms with Crippen LogP contribution in [0.3, 0.4) is 0 Å². The van der Waals surface area contributed by atoms with Crippen LogP contribution in [-0.4, -0.2) is 42.3 Å². The second-order valence-electron chi connectivity index (χ2n) is 9.33. The maximum absolute atomic E-state index is 12.8. The molecule has 0 aliphatic carbocycles. The predicted molar refractivity (Wildman–Crippen MR) is 130 cm³/mol. The largest absolute Gasteiger partial charge is 0.495 e. The van der Waals surface area contributed by atoms with E-state index in [1.165, 1.54) is 31.6 Å². The summed E-state index contributed by atoms with van der Waals surface area (Å²) in [5.41, 5.74) is 1.65. The number of rotatable bonds is 7. The summed E-state index contributed by atoms with van der Waals surface area (Å²) >= 11 is 0. The molecule has 1 aromatic heterocycles. The van der Waals surface area contributed by atoms with E-state index in [0.717, 1.165) is 10.5 Å². The molecule has 4 rings (SSSR count). The molecule has 2 aromatic carbocycles. The van der Waals surface area contributed by atoms with Crippen molar-refractivity contribution < 1.29 is 33.1 Å². The number of carbonyl (C=O) groups excluding carboxylic acids is 4. The van der Waals surface area contributed by atoms with Crippen molar-refractivity contribution in [2.75, 3.05) is 19.0 Å². The van der Waals surface area contributed by atoms with E-state index in [-0.39, 0.29) is 28.7 Å². The third-order valence-electron chi connectivity index (χ3n) is 5.77. The second kappa shape index (κ2) is 9.69. The van der Waals surface area contributed by atoms with Crippen LogP contribution in [0.15, 0.2) is 59.2 Å². The first-order chi connectivity index (χ1) is 17.1. The van der Waals surface area contributed by atoms with E-state index < -0.39 is 30.3 Å². The molecule has 0 radical (unpaired) electrons. The Labute approximate surface area is 208 Å². The van der Waals surface area contributed by atoms with Crippen LogP contribution in [0.25, 0.3) is 0 Å². The number of ether oxygens (including phenoxy) is 2. The molecule has 0 atom stereocenters. The van der Waals surface area contributed by atoms with Crippen LogP contribution in [0.4, 0.5) is 5.69 Å². The normalized spacial score (nSPS) is 12.9. The number of hydrogen-bond acceptors (Lipinski definition) is 7. The number of benzene rings is 2. The zero-order valence-electron chi connectivity index (χ0n) is 20.4. The Morgan fingerprint density at radius 2 is 1.75 bits per heavy atom. The number of amides is 3. The molecule has 1 aliphatic heterocycles. The first-order valence-corrected chi connectivity index (χ1v) is 11.3. The Morgan fingerprint density at radius 3 is 2.42 bits per heavy atom. The summed E-state index contributed by atoms with van der Waals surface area (Å²) in [6, 6.07) is 12.9. The van der Waals surface area contributed by atoms with Crippen molar-refractivity contribution in [3.63, 3.8) is 0 Å². The molecule has 0 saturated heterocycles. The smallest absolute Gasteiger partial charge is 0.338 e. The number of carbonyl (C=O) groups is 4. The summed E-state index contributed by atoms with van der Waals surface area (Å²) in [7, 11) is 1.50. The van der Waals surface area contributed by atoms with Gasteiger partial charge in [0.2, 0.25) is 0 Å². The Hall–Kier alpha value is -4.40. The Bertz CT molecular complexity index is 1340. The van der Waals surface area contributed by atoms with Crippen molar-refractivity contribution >= 4 is 29.4 Å². The fourth-order valence-corrected chi connectivity index (χ4v) is 3.79. The van der Waals surface area contributed by atoms with Gasteiger partial charge >= 0.3 is 5.97 Å². The SMILES string of the molecule is COc1ccc(C(C)(C)C)cc1NC(=O)COC(=O)c1ccc2c(c1)C(=O)N(Cc1ccco1)C2=O. The van der Waals surface area contributed by atoms with Gasteiger partial charge in [-0.3, -0.25) is 19.3 Å². The number of hydrogen-bond donors (Lipinski definition) is 1. The molecular formula is C27H26N2O7. The van der Waals surface area contributed by atoms with Crippen LogP contribution in [0, 0.1) is 0 Å². The van der Waals surface area contributed by atoms with Crippen molar-refractivity contribution in [2.24, 2.45) is 0 Å². The van der Waals surface area contributed by atoms with E-state index in [2.05, 4.69) is 5.32 Å². The van der Waals surface area contributed by atoms with Crippen LogP contribution in [-0.2, 0) is 21.5 Å². The lowest BCUT2D eigenvalue weighted by molar-refractivity contribution is -0.119. The Kier molecular flexibility index (Phi) is 6.65. The molecule has 0 spiro atoms.